The van der Waals surface area contributed by atoms with Crippen LogP contribution in [0, 0.1) is 5.92 Å². The lowest BCUT2D eigenvalue weighted by atomic mass is 9.95. The van der Waals surface area contributed by atoms with Gasteiger partial charge in [0.1, 0.15) is 5.82 Å². The number of aromatic nitrogens is 3. The number of hydrogen-bond acceptors (Lipinski definition) is 4. The first-order valence-corrected chi connectivity index (χ1v) is 8.64. The maximum absolute atomic E-state index is 12.4. The van der Waals surface area contributed by atoms with Gasteiger partial charge in [-0.3, -0.25) is 9.48 Å². The number of nitrogens with zero attached hydrogens (tertiary/aromatic N) is 4. The first-order valence-electron chi connectivity index (χ1n) is 8.26. The first-order chi connectivity index (χ1) is 11.6. The zero-order valence-electron chi connectivity index (χ0n) is 13.7. The number of carbonyl (C=O) groups excluding carboxylic acids is 1. The third-order valence-corrected chi connectivity index (χ3v) is 4.53. The van der Waals surface area contributed by atoms with Crippen molar-refractivity contribution >= 4 is 23.3 Å². The number of piperidine rings is 1. The van der Waals surface area contributed by atoms with E-state index >= 15 is 0 Å². The molecule has 1 fully saturated rings. The van der Waals surface area contributed by atoms with Gasteiger partial charge in [0, 0.05) is 43.6 Å². The molecule has 0 bridgehead atoms. The third kappa shape index (κ3) is 4.26. The second-order valence-electron chi connectivity index (χ2n) is 6.23. The lowest BCUT2D eigenvalue weighted by Gasteiger charge is -2.32. The van der Waals surface area contributed by atoms with Crippen LogP contribution < -0.4 is 10.2 Å². The molecule has 0 unspecified atom stereocenters. The number of rotatable bonds is 5. The van der Waals surface area contributed by atoms with E-state index in [1.165, 1.54) is 0 Å². The molecule has 0 saturated carbocycles. The molecule has 1 saturated heterocycles. The van der Waals surface area contributed by atoms with Crippen LogP contribution in [0.3, 0.4) is 0 Å². The molecule has 1 aliphatic heterocycles. The molecule has 3 rings (SSSR count). The predicted molar refractivity (Wildman–Crippen MR) is 94.0 cm³/mol. The van der Waals surface area contributed by atoms with Crippen molar-refractivity contribution in [3.63, 3.8) is 0 Å². The highest BCUT2D eigenvalue weighted by atomic mass is 35.5. The van der Waals surface area contributed by atoms with Crippen molar-refractivity contribution in [3.8, 4) is 0 Å². The van der Waals surface area contributed by atoms with Gasteiger partial charge in [0.2, 0.25) is 5.91 Å². The molecule has 7 heteroatoms. The summed E-state index contributed by atoms with van der Waals surface area (Å²) >= 11 is 5.87. The van der Waals surface area contributed by atoms with Crippen LogP contribution in [0.1, 0.15) is 19.8 Å². The van der Waals surface area contributed by atoms with E-state index in [0.29, 0.717) is 11.6 Å². The van der Waals surface area contributed by atoms with Crippen LogP contribution in [0.2, 0.25) is 5.02 Å². The standard InChI is InChI=1S/C17H22ClN5O/c1-13(12-23-8-2-7-20-23)21-17(24)14-5-9-22(10-6-14)16-4-3-15(18)11-19-16/h2-4,7-8,11,13-14H,5-6,9-10,12H2,1H3,(H,21,24)/t13-/m1/s1. The zero-order valence-corrected chi connectivity index (χ0v) is 14.5. The quantitative estimate of drug-likeness (QED) is 0.901. The Balaban J connectivity index is 1.47. The van der Waals surface area contributed by atoms with Gasteiger partial charge in [0.15, 0.2) is 0 Å². The summed E-state index contributed by atoms with van der Waals surface area (Å²) in [4.78, 5) is 19.0. The molecule has 0 radical (unpaired) electrons. The Bertz CT molecular complexity index is 650. The van der Waals surface area contributed by atoms with Crippen molar-refractivity contribution in [3.05, 3.63) is 41.8 Å². The lowest BCUT2D eigenvalue weighted by Crippen LogP contribution is -2.44. The Morgan fingerprint density at radius 1 is 1.42 bits per heavy atom. The lowest BCUT2D eigenvalue weighted by molar-refractivity contribution is -0.126. The van der Waals surface area contributed by atoms with Crippen molar-refractivity contribution in [2.75, 3.05) is 18.0 Å². The van der Waals surface area contributed by atoms with Gasteiger partial charge in [-0.1, -0.05) is 11.6 Å². The zero-order chi connectivity index (χ0) is 16.9. The second kappa shape index (κ2) is 7.66. The van der Waals surface area contributed by atoms with Gasteiger partial charge in [0.05, 0.1) is 11.6 Å². The van der Waals surface area contributed by atoms with E-state index in [2.05, 4.69) is 20.3 Å². The Labute approximate surface area is 146 Å². The minimum absolute atomic E-state index is 0.0633. The van der Waals surface area contributed by atoms with E-state index in [9.17, 15) is 4.79 Å². The number of hydrogen-bond donors (Lipinski definition) is 1. The summed E-state index contributed by atoms with van der Waals surface area (Å²) in [5.41, 5.74) is 0. The van der Waals surface area contributed by atoms with Crippen LogP contribution in [0.5, 0.6) is 0 Å². The topological polar surface area (TPSA) is 63.1 Å². The average Bonchev–Trinajstić information content (AvgIpc) is 3.08. The maximum atomic E-state index is 12.4. The van der Waals surface area contributed by atoms with Crippen molar-refractivity contribution in [1.82, 2.24) is 20.1 Å². The Kier molecular flexibility index (Phi) is 5.35. The second-order valence-corrected chi connectivity index (χ2v) is 6.67. The van der Waals surface area contributed by atoms with E-state index in [4.69, 9.17) is 11.6 Å². The summed E-state index contributed by atoms with van der Waals surface area (Å²) in [5, 5.41) is 7.90. The van der Waals surface area contributed by atoms with E-state index in [1.54, 1.807) is 12.4 Å². The van der Waals surface area contributed by atoms with E-state index in [0.717, 1.165) is 31.7 Å². The largest absolute Gasteiger partial charge is 0.357 e. The summed E-state index contributed by atoms with van der Waals surface area (Å²) in [6.07, 6.45) is 6.98. The summed E-state index contributed by atoms with van der Waals surface area (Å²) in [7, 11) is 0. The molecular weight excluding hydrogens is 326 g/mol. The maximum Gasteiger partial charge on any atom is 0.223 e. The smallest absolute Gasteiger partial charge is 0.223 e. The first kappa shape index (κ1) is 16.8. The van der Waals surface area contributed by atoms with E-state index in [-0.39, 0.29) is 17.9 Å². The van der Waals surface area contributed by atoms with Crippen molar-refractivity contribution in [1.29, 1.82) is 0 Å². The number of carbonyl (C=O) groups is 1. The van der Waals surface area contributed by atoms with Crippen LogP contribution in [0.15, 0.2) is 36.8 Å². The Morgan fingerprint density at radius 3 is 2.83 bits per heavy atom. The predicted octanol–water partition coefficient (Wildman–Crippen LogP) is 2.35. The molecular formula is C17H22ClN5O. The molecule has 128 valence electrons. The van der Waals surface area contributed by atoms with Crippen LogP contribution >= 0.6 is 11.6 Å². The highest BCUT2D eigenvalue weighted by molar-refractivity contribution is 6.30. The molecule has 6 nitrogen and oxygen atoms in total. The minimum Gasteiger partial charge on any atom is -0.357 e. The number of nitrogens with one attached hydrogen (secondary N) is 1. The molecule has 0 aliphatic carbocycles. The number of anilines is 1. The molecule has 24 heavy (non-hydrogen) atoms. The Morgan fingerprint density at radius 2 is 2.21 bits per heavy atom. The van der Waals surface area contributed by atoms with Crippen LogP contribution in [0.25, 0.3) is 0 Å². The van der Waals surface area contributed by atoms with Crippen molar-refractivity contribution in [2.45, 2.75) is 32.4 Å². The summed E-state index contributed by atoms with van der Waals surface area (Å²) < 4.78 is 1.83. The molecule has 1 amide bonds. The minimum atomic E-state index is 0.0633. The van der Waals surface area contributed by atoms with Gasteiger partial charge in [0.25, 0.3) is 0 Å². The van der Waals surface area contributed by atoms with Crippen molar-refractivity contribution in [2.24, 2.45) is 5.92 Å². The number of amides is 1. The van der Waals surface area contributed by atoms with Gasteiger partial charge in [-0.05, 0) is 38.0 Å². The fraction of sp³-hybridized carbons (Fsp3) is 0.471. The van der Waals surface area contributed by atoms with E-state index in [1.807, 2.05) is 36.0 Å². The molecule has 1 aliphatic rings. The third-order valence-electron chi connectivity index (χ3n) is 4.31. The molecule has 2 aromatic rings. The normalized spacial score (nSPS) is 16.8. The van der Waals surface area contributed by atoms with Gasteiger partial charge in [-0.15, -0.1) is 0 Å². The average molecular weight is 348 g/mol. The SMILES string of the molecule is C[C@H](Cn1cccn1)NC(=O)C1CCN(c2ccc(Cl)cn2)CC1. The molecule has 0 aromatic carbocycles. The fourth-order valence-corrected chi connectivity index (χ4v) is 3.13. The molecule has 2 aromatic heterocycles. The van der Waals surface area contributed by atoms with Gasteiger partial charge >= 0.3 is 0 Å². The highest BCUT2D eigenvalue weighted by Gasteiger charge is 2.26. The van der Waals surface area contributed by atoms with E-state index < -0.39 is 0 Å². The summed E-state index contributed by atoms with van der Waals surface area (Å²) in [5.74, 6) is 1.12. The van der Waals surface area contributed by atoms with Gasteiger partial charge < -0.3 is 10.2 Å². The molecule has 3 heterocycles. The Hall–Kier alpha value is -2.08. The summed E-state index contributed by atoms with van der Waals surface area (Å²) in [6.45, 7) is 4.36. The van der Waals surface area contributed by atoms with Crippen molar-refractivity contribution < 1.29 is 4.79 Å². The number of pyridine rings is 1. The fourth-order valence-electron chi connectivity index (χ4n) is 3.02. The van der Waals surface area contributed by atoms with Gasteiger partial charge in [-0.25, -0.2) is 4.98 Å². The highest BCUT2D eigenvalue weighted by Crippen LogP contribution is 2.22. The molecule has 1 N–H and O–H groups in total. The van der Waals surface area contributed by atoms with Crippen LogP contribution in [-0.4, -0.2) is 39.8 Å². The summed E-state index contributed by atoms with van der Waals surface area (Å²) in [6, 6.07) is 5.72. The van der Waals surface area contributed by atoms with Crippen LogP contribution in [0.4, 0.5) is 5.82 Å². The van der Waals surface area contributed by atoms with Crippen LogP contribution in [-0.2, 0) is 11.3 Å². The monoisotopic (exact) mass is 347 g/mol. The molecule has 1 atom stereocenters. The number of halogens is 1. The van der Waals surface area contributed by atoms with Gasteiger partial charge in [-0.2, -0.15) is 5.10 Å². The molecule has 0 spiro atoms.